The summed E-state index contributed by atoms with van der Waals surface area (Å²) in [5.74, 6) is -8.65. The Balaban J connectivity index is 3.53. The van der Waals surface area contributed by atoms with Crippen molar-refractivity contribution in [3.8, 4) is 0 Å². The molecule has 1 aromatic rings. The van der Waals surface area contributed by atoms with Crippen LogP contribution in [-0.2, 0) is 9.84 Å². The van der Waals surface area contributed by atoms with Crippen molar-refractivity contribution in [2.45, 2.75) is 22.2 Å². The van der Waals surface area contributed by atoms with Crippen LogP contribution >= 0.6 is 0 Å². The van der Waals surface area contributed by atoms with Crippen LogP contribution in [-0.4, -0.2) is 36.8 Å². The van der Waals surface area contributed by atoms with Crippen molar-refractivity contribution < 1.29 is 49.1 Å². The van der Waals surface area contributed by atoms with Gasteiger partial charge in [-0.2, -0.15) is 30.7 Å². The normalized spacial score (nSPS) is 14.0. The third kappa shape index (κ3) is 2.62. The zero-order chi connectivity index (χ0) is 17.6. The molecule has 0 aliphatic rings. The first kappa shape index (κ1) is 18.2. The number of hydrogen-bond acceptors (Lipinski definition) is 3. The largest absolute Gasteiger partial charge is 0.478 e. The molecule has 124 valence electrons. The minimum absolute atomic E-state index is 0.0536. The van der Waals surface area contributed by atoms with Crippen molar-refractivity contribution in [1.82, 2.24) is 0 Å². The van der Waals surface area contributed by atoms with Gasteiger partial charge in [-0.3, -0.25) is 0 Å². The van der Waals surface area contributed by atoms with Crippen LogP contribution in [0.15, 0.2) is 29.2 Å². The number of carbonyl (C=O) groups is 1. The molecule has 0 fully saturated rings. The van der Waals surface area contributed by atoms with Crippen LogP contribution in [0.4, 0.5) is 30.7 Å². The molecule has 1 rings (SSSR count). The number of benzene rings is 1. The van der Waals surface area contributed by atoms with Gasteiger partial charge in [-0.25, -0.2) is 13.2 Å². The van der Waals surface area contributed by atoms with E-state index in [0.29, 0.717) is 6.07 Å². The average molecular weight is 354 g/mol. The van der Waals surface area contributed by atoms with E-state index in [1.807, 2.05) is 0 Å². The summed E-state index contributed by atoms with van der Waals surface area (Å²) < 4.78 is 111. The van der Waals surface area contributed by atoms with Gasteiger partial charge in [0.05, 0.1) is 10.5 Å². The standard InChI is InChI=1S/C10H5F7O4S/c11-8(12,9(13,14)15)10(16,17)22(20,21)6-3-1-2-5(4-6)7(18)19/h1-4H,(H,18,19). The van der Waals surface area contributed by atoms with Gasteiger partial charge in [-0.1, -0.05) is 6.07 Å². The summed E-state index contributed by atoms with van der Waals surface area (Å²) in [6.07, 6.45) is -6.83. The molecule has 4 nitrogen and oxygen atoms in total. The van der Waals surface area contributed by atoms with E-state index in [9.17, 15) is 43.9 Å². The van der Waals surface area contributed by atoms with Gasteiger partial charge in [-0.05, 0) is 18.2 Å². The fourth-order valence-corrected chi connectivity index (χ4v) is 2.57. The first-order chi connectivity index (χ1) is 9.66. The van der Waals surface area contributed by atoms with Gasteiger partial charge in [0.25, 0.3) is 0 Å². The summed E-state index contributed by atoms with van der Waals surface area (Å²) in [7, 11) is -6.50. The Hall–Kier alpha value is -1.85. The maximum atomic E-state index is 13.3. The molecule has 12 heteroatoms. The number of sulfone groups is 1. The second-order valence-electron chi connectivity index (χ2n) is 3.93. The lowest BCUT2D eigenvalue weighted by atomic mass is 10.2. The SMILES string of the molecule is O=C(O)c1cccc(S(=O)(=O)C(F)(F)C(F)(F)C(F)(F)F)c1. The molecular weight excluding hydrogens is 349 g/mol. The second-order valence-corrected chi connectivity index (χ2v) is 5.92. The van der Waals surface area contributed by atoms with Crippen molar-refractivity contribution in [3.05, 3.63) is 29.8 Å². The fourth-order valence-electron chi connectivity index (χ4n) is 1.28. The van der Waals surface area contributed by atoms with Crippen molar-refractivity contribution in [3.63, 3.8) is 0 Å². The molecule has 0 spiro atoms. The van der Waals surface area contributed by atoms with Crippen molar-refractivity contribution in [2.24, 2.45) is 0 Å². The van der Waals surface area contributed by atoms with E-state index in [4.69, 9.17) is 5.11 Å². The summed E-state index contributed by atoms with van der Waals surface area (Å²) in [5.41, 5.74) is -0.882. The molecule has 0 amide bonds. The van der Waals surface area contributed by atoms with Gasteiger partial charge in [-0.15, -0.1) is 0 Å². The Morgan fingerprint density at radius 3 is 1.91 bits per heavy atom. The third-order valence-corrected chi connectivity index (χ3v) is 4.26. The molecule has 0 aliphatic carbocycles. The van der Waals surface area contributed by atoms with Gasteiger partial charge in [0.15, 0.2) is 0 Å². The van der Waals surface area contributed by atoms with Crippen LogP contribution in [0.1, 0.15) is 10.4 Å². The third-order valence-electron chi connectivity index (χ3n) is 2.45. The van der Waals surface area contributed by atoms with Crippen molar-refractivity contribution >= 4 is 15.8 Å². The highest BCUT2D eigenvalue weighted by Gasteiger charge is 2.78. The second kappa shape index (κ2) is 5.11. The smallest absolute Gasteiger partial charge is 0.461 e. The van der Waals surface area contributed by atoms with Gasteiger partial charge in [0, 0.05) is 0 Å². The number of aromatic carboxylic acids is 1. The summed E-state index contributed by atoms with van der Waals surface area (Å²) in [6, 6.07) is 1.68. The van der Waals surface area contributed by atoms with E-state index in [-0.39, 0.29) is 12.1 Å². The maximum absolute atomic E-state index is 13.3. The highest BCUT2D eigenvalue weighted by Crippen LogP contribution is 2.50. The molecule has 22 heavy (non-hydrogen) atoms. The van der Waals surface area contributed by atoms with E-state index >= 15 is 0 Å². The van der Waals surface area contributed by atoms with E-state index in [0.717, 1.165) is 6.07 Å². The molecule has 0 aromatic heterocycles. The minimum Gasteiger partial charge on any atom is -0.478 e. The van der Waals surface area contributed by atoms with Crippen LogP contribution in [0.2, 0.25) is 0 Å². The number of alkyl halides is 7. The lowest BCUT2D eigenvalue weighted by Crippen LogP contribution is -2.55. The maximum Gasteiger partial charge on any atom is 0.461 e. The van der Waals surface area contributed by atoms with Crippen LogP contribution in [0.25, 0.3) is 0 Å². The van der Waals surface area contributed by atoms with Crippen molar-refractivity contribution in [1.29, 1.82) is 0 Å². The quantitative estimate of drug-likeness (QED) is 0.844. The fraction of sp³-hybridized carbons (Fsp3) is 0.300. The molecule has 0 heterocycles. The molecule has 1 aromatic carbocycles. The van der Waals surface area contributed by atoms with E-state index in [1.165, 1.54) is 0 Å². The number of rotatable bonds is 4. The summed E-state index contributed by atoms with van der Waals surface area (Å²) in [4.78, 5) is 8.90. The monoisotopic (exact) mass is 354 g/mol. The molecule has 1 N–H and O–H groups in total. The lowest BCUT2D eigenvalue weighted by Gasteiger charge is -2.27. The van der Waals surface area contributed by atoms with Gasteiger partial charge in [0.1, 0.15) is 0 Å². The number of halogens is 7. The first-order valence-corrected chi connectivity index (χ1v) is 6.55. The van der Waals surface area contributed by atoms with Crippen LogP contribution < -0.4 is 0 Å². The van der Waals surface area contributed by atoms with Crippen LogP contribution in [0.5, 0.6) is 0 Å². The molecule has 0 aliphatic heterocycles. The number of hydrogen-bond donors (Lipinski definition) is 1. The first-order valence-electron chi connectivity index (χ1n) is 5.06. The van der Waals surface area contributed by atoms with E-state index < -0.39 is 43.6 Å². The highest BCUT2D eigenvalue weighted by molar-refractivity contribution is 7.92. The summed E-state index contributed by atoms with van der Waals surface area (Å²) >= 11 is 0. The van der Waals surface area contributed by atoms with Gasteiger partial charge >= 0.3 is 23.3 Å². The Morgan fingerprint density at radius 2 is 1.50 bits per heavy atom. The molecule has 0 saturated carbocycles. The Labute approximate surface area is 118 Å². The summed E-state index contributed by atoms with van der Waals surface area (Å²) in [6.45, 7) is 0. The zero-order valence-corrected chi connectivity index (χ0v) is 10.9. The van der Waals surface area contributed by atoms with Crippen LogP contribution in [0.3, 0.4) is 0 Å². The van der Waals surface area contributed by atoms with Crippen LogP contribution in [0, 0.1) is 0 Å². The molecule has 0 unspecified atom stereocenters. The highest BCUT2D eigenvalue weighted by atomic mass is 32.2. The minimum atomic E-state index is -6.86. The Bertz CT molecular complexity index is 693. The van der Waals surface area contributed by atoms with Gasteiger partial charge in [0.2, 0.25) is 9.84 Å². The summed E-state index contributed by atoms with van der Waals surface area (Å²) in [5, 5.41) is 2.04. The predicted molar refractivity (Wildman–Crippen MR) is 56.5 cm³/mol. The number of carboxylic acids is 1. The van der Waals surface area contributed by atoms with Gasteiger partial charge < -0.3 is 5.11 Å². The molecule has 0 atom stereocenters. The van der Waals surface area contributed by atoms with Crippen molar-refractivity contribution in [2.75, 3.05) is 0 Å². The molecular formula is C10H5F7O4S. The lowest BCUT2D eigenvalue weighted by molar-refractivity contribution is -0.332. The molecule has 0 saturated heterocycles. The topological polar surface area (TPSA) is 71.4 Å². The molecule has 0 radical (unpaired) electrons. The van der Waals surface area contributed by atoms with E-state index in [1.54, 1.807) is 0 Å². The average Bonchev–Trinajstić information content (AvgIpc) is 2.37. The Morgan fingerprint density at radius 1 is 1.00 bits per heavy atom. The predicted octanol–water partition coefficient (Wildman–Crippen LogP) is 2.95. The number of carboxylic acid groups (broad SMARTS) is 1. The molecule has 0 bridgehead atoms. The Kier molecular flexibility index (Phi) is 4.22. The van der Waals surface area contributed by atoms with E-state index in [2.05, 4.69) is 0 Å². The zero-order valence-electron chi connectivity index (χ0n) is 10.0.